The van der Waals surface area contributed by atoms with Gasteiger partial charge in [0.2, 0.25) is 11.9 Å². The minimum Gasteiger partial charge on any atom is -0.378 e. The highest BCUT2D eigenvalue weighted by Crippen LogP contribution is 2.38. The van der Waals surface area contributed by atoms with Crippen LogP contribution in [0.1, 0.15) is 11.6 Å². The Hall–Kier alpha value is -3.33. The molecule has 124 valence electrons. The first-order valence-electron chi connectivity index (χ1n) is 8.05. The van der Waals surface area contributed by atoms with E-state index in [4.69, 9.17) is 0 Å². The number of amides is 1. The lowest BCUT2D eigenvalue weighted by molar-refractivity contribution is -0.119. The third-order valence-corrected chi connectivity index (χ3v) is 4.60. The first-order valence-corrected chi connectivity index (χ1v) is 8.05. The van der Waals surface area contributed by atoms with Crippen LogP contribution in [0.5, 0.6) is 0 Å². The van der Waals surface area contributed by atoms with E-state index in [0.29, 0.717) is 5.95 Å². The Labute approximate surface area is 145 Å². The lowest BCUT2D eigenvalue weighted by atomic mass is 9.91. The van der Waals surface area contributed by atoms with E-state index in [2.05, 4.69) is 16.4 Å². The molecule has 0 radical (unpaired) electrons. The number of benzene rings is 2. The SMILES string of the molecule is CN(C)c1ccc([C@H]2[C@@H](C#N)C(=O)Nc3nc4ccccc4n32)cc1. The molecular formula is C19H17N5O. The maximum absolute atomic E-state index is 12.4. The van der Waals surface area contributed by atoms with E-state index in [9.17, 15) is 10.1 Å². The Morgan fingerprint density at radius 2 is 1.88 bits per heavy atom. The van der Waals surface area contributed by atoms with Crippen molar-refractivity contribution in [1.82, 2.24) is 9.55 Å². The van der Waals surface area contributed by atoms with Crippen LogP contribution >= 0.6 is 0 Å². The van der Waals surface area contributed by atoms with Crippen molar-refractivity contribution in [3.63, 3.8) is 0 Å². The van der Waals surface area contributed by atoms with Crippen molar-refractivity contribution in [3.05, 3.63) is 54.1 Å². The highest BCUT2D eigenvalue weighted by Gasteiger charge is 2.38. The molecule has 6 nitrogen and oxygen atoms in total. The Balaban J connectivity index is 1.93. The van der Waals surface area contributed by atoms with Crippen LogP contribution in [0.2, 0.25) is 0 Å². The summed E-state index contributed by atoms with van der Waals surface area (Å²) < 4.78 is 1.95. The van der Waals surface area contributed by atoms with Crippen LogP contribution in [0, 0.1) is 17.2 Å². The number of fused-ring (bicyclic) bond motifs is 3. The van der Waals surface area contributed by atoms with Gasteiger partial charge in [-0.1, -0.05) is 24.3 Å². The van der Waals surface area contributed by atoms with E-state index in [1.165, 1.54) is 0 Å². The highest BCUT2D eigenvalue weighted by molar-refractivity contribution is 5.97. The molecule has 1 amide bonds. The van der Waals surface area contributed by atoms with Gasteiger partial charge in [0.25, 0.3) is 0 Å². The smallest absolute Gasteiger partial charge is 0.246 e. The zero-order valence-electron chi connectivity index (χ0n) is 14.0. The Morgan fingerprint density at radius 1 is 1.16 bits per heavy atom. The number of carbonyl (C=O) groups is 1. The largest absolute Gasteiger partial charge is 0.378 e. The molecule has 2 atom stereocenters. The molecule has 1 aromatic heterocycles. The molecule has 1 N–H and O–H groups in total. The van der Waals surface area contributed by atoms with E-state index in [-0.39, 0.29) is 5.91 Å². The van der Waals surface area contributed by atoms with Gasteiger partial charge in [0.15, 0.2) is 5.92 Å². The number of anilines is 2. The summed E-state index contributed by atoms with van der Waals surface area (Å²) in [5, 5.41) is 12.4. The molecule has 25 heavy (non-hydrogen) atoms. The second-order valence-electron chi connectivity index (χ2n) is 6.32. The summed E-state index contributed by atoms with van der Waals surface area (Å²) in [7, 11) is 3.95. The van der Waals surface area contributed by atoms with Gasteiger partial charge in [0.1, 0.15) is 0 Å². The average molecular weight is 331 g/mol. The molecule has 4 rings (SSSR count). The summed E-state index contributed by atoms with van der Waals surface area (Å²) in [4.78, 5) is 18.9. The van der Waals surface area contributed by atoms with Gasteiger partial charge < -0.3 is 9.47 Å². The minimum absolute atomic E-state index is 0.313. The third-order valence-electron chi connectivity index (χ3n) is 4.60. The second-order valence-corrected chi connectivity index (χ2v) is 6.32. The van der Waals surface area contributed by atoms with Crippen molar-refractivity contribution in [2.24, 2.45) is 5.92 Å². The van der Waals surface area contributed by atoms with E-state index < -0.39 is 12.0 Å². The van der Waals surface area contributed by atoms with Gasteiger partial charge >= 0.3 is 0 Å². The van der Waals surface area contributed by atoms with Crippen LogP contribution in [0.4, 0.5) is 11.6 Å². The molecule has 0 unspecified atom stereocenters. The number of nitrogens with zero attached hydrogens (tertiary/aromatic N) is 4. The molecule has 0 aliphatic carbocycles. The van der Waals surface area contributed by atoms with Crippen molar-refractivity contribution in [1.29, 1.82) is 5.26 Å². The summed E-state index contributed by atoms with van der Waals surface area (Å²) in [6, 6.07) is 17.4. The van der Waals surface area contributed by atoms with Crippen molar-refractivity contribution in [3.8, 4) is 6.07 Å². The zero-order valence-corrected chi connectivity index (χ0v) is 14.0. The first-order chi connectivity index (χ1) is 12.1. The number of hydrogen-bond donors (Lipinski definition) is 1. The number of nitriles is 1. The molecule has 3 aromatic rings. The van der Waals surface area contributed by atoms with Crippen LogP contribution in [0.3, 0.4) is 0 Å². The fraction of sp³-hybridized carbons (Fsp3) is 0.211. The molecule has 2 heterocycles. The van der Waals surface area contributed by atoms with Crippen LogP contribution in [-0.2, 0) is 4.79 Å². The summed E-state index contributed by atoms with van der Waals surface area (Å²) in [6.45, 7) is 0. The van der Waals surface area contributed by atoms with Gasteiger partial charge in [0, 0.05) is 19.8 Å². The van der Waals surface area contributed by atoms with Crippen molar-refractivity contribution < 1.29 is 4.79 Å². The number of hydrogen-bond acceptors (Lipinski definition) is 4. The van der Waals surface area contributed by atoms with E-state index >= 15 is 0 Å². The van der Waals surface area contributed by atoms with Gasteiger partial charge in [-0.05, 0) is 29.8 Å². The van der Waals surface area contributed by atoms with Gasteiger partial charge in [-0.15, -0.1) is 0 Å². The van der Waals surface area contributed by atoms with Gasteiger partial charge in [-0.25, -0.2) is 4.98 Å². The third kappa shape index (κ3) is 2.32. The van der Waals surface area contributed by atoms with Gasteiger partial charge in [-0.2, -0.15) is 5.26 Å². The first kappa shape index (κ1) is 15.2. The predicted octanol–water partition coefficient (Wildman–Crippen LogP) is 2.78. The monoisotopic (exact) mass is 331 g/mol. The fourth-order valence-corrected chi connectivity index (χ4v) is 3.34. The van der Waals surface area contributed by atoms with E-state index in [1.54, 1.807) is 0 Å². The Morgan fingerprint density at radius 3 is 2.56 bits per heavy atom. The maximum atomic E-state index is 12.4. The summed E-state index contributed by atoms with van der Waals surface area (Å²) >= 11 is 0. The number of para-hydroxylation sites is 2. The molecule has 0 saturated heterocycles. The summed E-state index contributed by atoms with van der Waals surface area (Å²) in [5.74, 6) is -0.637. The quantitative estimate of drug-likeness (QED) is 0.783. The average Bonchev–Trinajstić information content (AvgIpc) is 2.98. The van der Waals surface area contributed by atoms with Crippen molar-refractivity contribution in [2.45, 2.75) is 6.04 Å². The molecule has 0 spiro atoms. The van der Waals surface area contributed by atoms with Crippen LogP contribution in [0.15, 0.2) is 48.5 Å². The topological polar surface area (TPSA) is 74.0 Å². The molecule has 0 saturated carbocycles. The highest BCUT2D eigenvalue weighted by atomic mass is 16.2. The van der Waals surface area contributed by atoms with E-state index in [0.717, 1.165) is 22.3 Å². The number of imidazole rings is 1. The van der Waals surface area contributed by atoms with Gasteiger partial charge in [0.05, 0.1) is 23.1 Å². The molecule has 6 heteroatoms. The molecule has 0 fully saturated rings. The standard InChI is InChI=1S/C19H17N5O/c1-23(2)13-9-7-12(8-10-13)17-14(11-20)18(25)22-19-21-15-5-3-4-6-16(15)24(17)19/h3-10,14,17H,1-2H3,(H,21,22,25)/t14-,17+/m1/s1. The zero-order chi connectivity index (χ0) is 17.6. The number of aromatic nitrogens is 2. The Bertz CT molecular complexity index is 997. The van der Waals surface area contributed by atoms with Crippen molar-refractivity contribution >= 4 is 28.6 Å². The maximum Gasteiger partial charge on any atom is 0.246 e. The van der Waals surface area contributed by atoms with E-state index in [1.807, 2.05) is 72.1 Å². The number of carbonyl (C=O) groups excluding carboxylic acids is 1. The van der Waals surface area contributed by atoms with Crippen molar-refractivity contribution in [2.75, 3.05) is 24.3 Å². The molecule has 0 bridgehead atoms. The molecule has 2 aromatic carbocycles. The van der Waals surface area contributed by atoms with Crippen LogP contribution < -0.4 is 10.2 Å². The fourth-order valence-electron chi connectivity index (χ4n) is 3.34. The number of nitrogens with one attached hydrogen (secondary N) is 1. The van der Waals surface area contributed by atoms with Gasteiger partial charge in [-0.3, -0.25) is 10.1 Å². The lowest BCUT2D eigenvalue weighted by Crippen LogP contribution is -2.37. The van der Waals surface area contributed by atoms with Crippen LogP contribution in [-0.4, -0.2) is 29.6 Å². The lowest BCUT2D eigenvalue weighted by Gasteiger charge is -2.30. The molecular weight excluding hydrogens is 314 g/mol. The predicted molar refractivity (Wildman–Crippen MR) is 96.4 cm³/mol. The summed E-state index contributed by atoms with van der Waals surface area (Å²) in [5.41, 5.74) is 3.68. The molecule has 1 aliphatic rings. The normalized spacial score (nSPS) is 19.2. The number of rotatable bonds is 2. The Kier molecular flexibility index (Phi) is 3.43. The summed E-state index contributed by atoms with van der Waals surface area (Å²) in [6.07, 6.45) is 0. The second kappa shape index (κ2) is 5.64. The minimum atomic E-state index is -0.810. The van der Waals surface area contributed by atoms with Crippen LogP contribution in [0.25, 0.3) is 11.0 Å². The molecule has 1 aliphatic heterocycles.